The van der Waals surface area contributed by atoms with Crippen LogP contribution in [-0.2, 0) is 0 Å². The van der Waals surface area contributed by atoms with E-state index in [1.165, 1.54) is 0 Å². The van der Waals surface area contributed by atoms with Crippen LogP contribution >= 0.6 is 0 Å². The molecule has 0 rings (SSSR count). The van der Waals surface area contributed by atoms with Gasteiger partial charge in [0.15, 0.2) is 0 Å². The highest BCUT2D eigenvalue weighted by atomic mass is 15.2. The Bertz CT molecular complexity index is 133. The number of rotatable bonds is 0. The lowest BCUT2D eigenvalue weighted by molar-refractivity contribution is 0.610. The first-order valence-corrected chi connectivity index (χ1v) is 3.60. The van der Waals surface area contributed by atoms with Gasteiger partial charge in [0.1, 0.15) is 0 Å². The van der Waals surface area contributed by atoms with E-state index in [-0.39, 0.29) is 5.96 Å². The molecule has 4 nitrogen and oxygen atoms in total. The summed E-state index contributed by atoms with van der Waals surface area (Å²) >= 11 is 0. The minimum Gasteiger partial charge on any atom is -0.387 e. The second kappa shape index (κ2) is 7.05. The number of hydrogen-bond acceptors (Lipinski definition) is 1. The Balaban J connectivity index is 0. The molecule has 0 bridgehead atoms. The molecule has 4 heteroatoms. The average molecular weight is 158 g/mol. The van der Waals surface area contributed by atoms with Crippen molar-refractivity contribution in [3.05, 3.63) is 0 Å². The van der Waals surface area contributed by atoms with Crippen LogP contribution in [0.2, 0.25) is 0 Å². The molecule has 0 aromatic carbocycles. The van der Waals surface area contributed by atoms with Gasteiger partial charge in [-0.2, -0.15) is 0 Å². The third-order valence-corrected chi connectivity index (χ3v) is 0.706. The van der Waals surface area contributed by atoms with Crippen LogP contribution < -0.4 is 5.73 Å². The maximum absolute atomic E-state index is 7.13. The zero-order valence-corrected chi connectivity index (χ0v) is 7.97. The van der Waals surface area contributed by atoms with Crippen LogP contribution in [0.3, 0.4) is 0 Å². The van der Waals surface area contributed by atoms with Gasteiger partial charge >= 0.3 is 0 Å². The Hall–Kier alpha value is -1.06. The zero-order valence-electron chi connectivity index (χ0n) is 7.97. The Morgan fingerprint density at radius 3 is 1.82 bits per heavy atom. The van der Waals surface area contributed by atoms with Crippen LogP contribution in [0, 0.1) is 5.41 Å². The van der Waals surface area contributed by atoms with Crippen molar-refractivity contribution in [2.45, 2.75) is 20.8 Å². The normalized spacial score (nSPS) is 9.73. The van der Waals surface area contributed by atoms with Crippen LogP contribution in [0.4, 0.5) is 0 Å². The molecule has 0 atom stereocenters. The first-order valence-electron chi connectivity index (χ1n) is 3.60. The molecule has 0 aliphatic carbocycles. The summed E-state index contributed by atoms with van der Waals surface area (Å²) in [5.74, 6) is 0.587. The number of guanidine groups is 1. The summed E-state index contributed by atoms with van der Waals surface area (Å²) < 4.78 is 0. The number of hydrogen-bond donors (Lipinski definition) is 2. The Kier molecular flexibility index (Phi) is 8.08. The van der Waals surface area contributed by atoms with E-state index in [0.717, 1.165) is 0 Å². The maximum Gasteiger partial charge on any atom is 0.218 e. The second-order valence-corrected chi connectivity index (χ2v) is 1.97. The van der Waals surface area contributed by atoms with Gasteiger partial charge in [-0.05, 0) is 6.92 Å². The van der Waals surface area contributed by atoms with Crippen molar-refractivity contribution >= 4 is 11.8 Å². The van der Waals surface area contributed by atoms with Crippen LogP contribution in [0.5, 0.6) is 0 Å². The largest absolute Gasteiger partial charge is 0.387 e. The molecular weight excluding hydrogens is 140 g/mol. The lowest BCUT2D eigenvalue weighted by atomic mass is 10.7. The third kappa shape index (κ3) is 8.94. The van der Waals surface area contributed by atoms with Gasteiger partial charge < -0.3 is 10.6 Å². The number of nitrogens with two attached hydrogens (primary N) is 1. The number of nitrogens with one attached hydrogen (secondary N) is 1. The number of nitrogens with zero attached hydrogens (tertiary/aromatic N) is 2. The highest BCUT2D eigenvalue weighted by Gasteiger charge is 1.92. The molecule has 0 fully saturated rings. The summed E-state index contributed by atoms with van der Waals surface area (Å²) in [6.07, 6.45) is 0. The van der Waals surface area contributed by atoms with Crippen LogP contribution in [0.15, 0.2) is 4.99 Å². The van der Waals surface area contributed by atoms with Gasteiger partial charge in [0.2, 0.25) is 5.96 Å². The summed E-state index contributed by atoms with van der Waals surface area (Å²) in [5.41, 5.74) is 5.21. The first kappa shape index (κ1) is 12.6. The molecular formula is C7H18N4. The predicted molar refractivity (Wildman–Crippen MR) is 50.1 cm³/mol. The van der Waals surface area contributed by atoms with Gasteiger partial charge in [0.05, 0.1) is 5.84 Å². The predicted octanol–water partition coefficient (Wildman–Crippen LogP) is 0.886. The first-order chi connectivity index (χ1) is 5.04. The SMILES string of the molecule is C/C(N)=N/C(=N)N(C)C.CC. The second-order valence-electron chi connectivity index (χ2n) is 1.97. The summed E-state index contributed by atoms with van der Waals surface area (Å²) in [5, 5.41) is 7.13. The number of aliphatic imine (C=N–C) groups is 1. The van der Waals surface area contributed by atoms with E-state index in [1.807, 2.05) is 13.8 Å². The molecule has 0 aliphatic rings. The zero-order chi connectivity index (χ0) is 9.44. The molecule has 0 unspecified atom stereocenters. The molecule has 0 saturated heterocycles. The molecule has 0 aromatic heterocycles. The van der Waals surface area contributed by atoms with Crippen molar-refractivity contribution < 1.29 is 0 Å². The van der Waals surface area contributed by atoms with E-state index >= 15 is 0 Å². The van der Waals surface area contributed by atoms with Crippen LogP contribution in [0.25, 0.3) is 0 Å². The topological polar surface area (TPSA) is 65.5 Å². The van der Waals surface area contributed by atoms with E-state index in [0.29, 0.717) is 5.84 Å². The lowest BCUT2D eigenvalue weighted by Gasteiger charge is -2.07. The minimum absolute atomic E-state index is 0.176. The van der Waals surface area contributed by atoms with Gasteiger partial charge in [-0.1, -0.05) is 13.8 Å². The van der Waals surface area contributed by atoms with Gasteiger partial charge in [0, 0.05) is 14.1 Å². The standard InChI is InChI=1S/C5H12N4.C2H6/c1-4(6)8-5(7)9(2)3;1-2/h1-3H3,(H3,6,7,8);1-2H3. The average Bonchev–Trinajstić information content (AvgIpc) is 1.90. The van der Waals surface area contributed by atoms with Gasteiger partial charge in [-0.3, -0.25) is 5.41 Å². The van der Waals surface area contributed by atoms with Crippen molar-refractivity contribution in [1.29, 1.82) is 5.41 Å². The molecule has 0 aliphatic heterocycles. The minimum atomic E-state index is 0.176. The summed E-state index contributed by atoms with van der Waals surface area (Å²) in [6.45, 7) is 5.65. The highest BCUT2D eigenvalue weighted by Crippen LogP contribution is 1.79. The fraction of sp³-hybridized carbons (Fsp3) is 0.714. The summed E-state index contributed by atoms with van der Waals surface area (Å²) in [4.78, 5) is 5.26. The molecule has 0 spiro atoms. The molecule has 66 valence electrons. The maximum atomic E-state index is 7.13. The molecule has 11 heavy (non-hydrogen) atoms. The quantitative estimate of drug-likeness (QED) is 0.406. The molecule has 0 radical (unpaired) electrons. The fourth-order valence-electron chi connectivity index (χ4n) is 0.267. The monoisotopic (exact) mass is 158 g/mol. The van der Waals surface area contributed by atoms with Crippen LogP contribution in [-0.4, -0.2) is 30.8 Å². The van der Waals surface area contributed by atoms with E-state index < -0.39 is 0 Å². The lowest BCUT2D eigenvalue weighted by Crippen LogP contribution is -2.21. The van der Waals surface area contributed by atoms with Crippen molar-refractivity contribution in [2.75, 3.05) is 14.1 Å². The summed E-state index contributed by atoms with van der Waals surface area (Å²) in [7, 11) is 3.49. The third-order valence-electron chi connectivity index (χ3n) is 0.706. The number of amidine groups is 1. The van der Waals surface area contributed by atoms with E-state index in [1.54, 1.807) is 25.9 Å². The van der Waals surface area contributed by atoms with Crippen molar-refractivity contribution in [1.82, 2.24) is 4.90 Å². The Morgan fingerprint density at radius 2 is 1.73 bits per heavy atom. The molecule has 0 heterocycles. The fourth-order valence-corrected chi connectivity index (χ4v) is 0.267. The highest BCUT2D eigenvalue weighted by molar-refractivity contribution is 5.92. The van der Waals surface area contributed by atoms with E-state index in [2.05, 4.69) is 4.99 Å². The molecule has 0 saturated carbocycles. The van der Waals surface area contributed by atoms with Gasteiger partial charge in [-0.15, -0.1) is 0 Å². The van der Waals surface area contributed by atoms with Gasteiger partial charge in [0.25, 0.3) is 0 Å². The molecule has 0 amide bonds. The van der Waals surface area contributed by atoms with E-state index in [4.69, 9.17) is 11.1 Å². The molecule has 0 aromatic rings. The van der Waals surface area contributed by atoms with Crippen molar-refractivity contribution in [3.8, 4) is 0 Å². The summed E-state index contributed by atoms with van der Waals surface area (Å²) in [6, 6.07) is 0. The Morgan fingerprint density at radius 1 is 1.36 bits per heavy atom. The Labute approximate surface area is 68.6 Å². The smallest absolute Gasteiger partial charge is 0.218 e. The molecule has 3 N–H and O–H groups in total. The van der Waals surface area contributed by atoms with Crippen LogP contribution in [0.1, 0.15) is 20.8 Å². The van der Waals surface area contributed by atoms with Crippen molar-refractivity contribution in [2.24, 2.45) is 10.7 Å². The van der Waals surface area contributed by atoms with E-state index in [9.17, 15) is 0 Å². The van der Waals surface area contributed by atoms with Crippen molar-refractivity contribution in [3.63, 3.8) is 0 Å². The van der Waals surface area contributed by atoms with Gasteiger partial charge in [-0.25, -0.2) is 4.99 Å².